The van der Waals surface area contributed by atoms with Crippen molar-refractivity contribution in [3.05, 3.63) is 76.7 Å². The highest BCUT2D eigenvalue weighted by Crippen LogP contribution is 2.12. The molecule has 3 rings (SSSR count). The molecule has 118 valence electrons. The number of aromatic nitrogens is 4. The molecule has 0 radical (unpaired) electrons. The Labute approximate surface area is 134 Å². The van der Waals surface area contributed by atoms with Crippen LogP contribution < -0.4 is 10.5 Å². The molecular weight excluding hydrogens is 290 g/mol. The van der Waals surface area contributed by atoms with E-state index < -0.39 is 0 Å². The first kappa shape index (κ1) is 15.0. The molecule has 0 saturated heterocycles. The van der Waals surface area contributed by atoms with Crippen molar-refractivity contribution in [2.75, 3.05) is 11.9 Å². The van der Waals surface area contributed by atoms with Crippen LogP contribution in [0.4, 0.5) is 5.69 Å². The molecule has 6 nitrogen and oxygen atoms in total. The van der Waals surface area contributed by atoms with Crippen molar-refractivity contribution in [1.82, 2.24) is 19.3 Å². The summed E-state index contributed by atoms with van der Waals surface area (Å²) in [5, 5.41) is 4.28. The van der Waals surface area contributed by atoms with Gasteiger partial charge in [0.25, 0.3) is 5.56 Å². The molecule has 0 fully saturated rings. The maximum Gasteiger partial charge on any atom is 0.269 e. The minimum absolute atomic E-state index is 0.122. The quantitative estimate of drug-likeness (QED) is 0.719. The van der Waals surface area contributed by atoms with Crippen molar-refractivity contribution in [2.24, 2.45) is 7.05 Å². The molecule has 6 heteroatoms. The summed E-state index contributed by atoms with van der Waals surface area (Å²) in [7, 11) is 3.85. The van der Waals surface area contributed by atoms with Gasteiger partial charge in [-0.25, -0.2) is 9.67 Å². The summed E-state index contributed by atoms with van der Waals surface area (Å²) in [6.45, 7) is 1.14. The largest absolute Gasteiger partial charge is 0.369 e. The first-order valence-electron chi connectivity index (χ1n) is 7.41. The van der Waals surface area contributed by atoms with Gasteiger partial charge >= 0.3 is 0 Å². The Hall–Kier alpha value is -2.89. The predicted octanol–water partition coefficient (Wildman–Crippen LogP) is 1.66. The van der Waals surface area contributed by atoms with E-state index in [1.807, 2.05) is 41.8 Å². The van der Waals surface area contributed by atoms with Crippen LogP contribution in [0.5, 0.6) is 0 Å². The summed E-state index contributed by atoms with van der Waals surface area (Å²) < 4.78 is 3.32. The molecule has 0 spiro atoms. The second-order valence-corrected chi connectivity index (χ2v) is 5.55. The fourth-order valence-corrected chi connectivity index (χ4v) is 2.39. The average molecular weight is 309 g/mol. The van der Waals surface area contributed by atoms with Gasteiger partial charge in [0.1, 0.15) is 0 Å². The average Bonchev–Trinajstić information content (AvgIpc) is 2.95. The molecule has 0 N–H and O–H groups in total. The first-order chi connectivity index (χ1) is 11.1. The number of rotatable bonds is 5. The van der Waals surface area contributed by atoms with Crippen LogP contribution in [-0.4, -0.2) is 26.4 Å². The fourth-order valence-electron chi connectivity index (χ4n) is 2.39. The number of imidazole rings is 1. The van der Waals surface area contributed by atoms with Crippen LogP contribution in [0, 0.1) is 0 Å². The first-order valence-corrected chi connectivity index (χ1v) is 7.41. The fraction of sp³-hybridized carbons (Fsp3) is 0.235. The third kappa shape index (κ3) is 3.48. The number of anilines is 1. The third-order valence-electron chi connectivity index (χ3n) is 3.79. The Morgan fingerprint density at radius 1 is 1.17 bits per heavy atom. The topological polar surface area (TPSA) is 56.0 Å². The van der Waals surface area contributed by atoms with Gasteiger partial charge in [-0.1, -0.05) is 30.3 Å². The predicted molar refractivity (Wildman–Crippen MR) is 89.4 cm³/mol. The summed E-state index contributed by atoms with van der Waals surface area (Å²) >= 11 is 0. The maximum atomic E-state index is 12.3. The highest BCUT2D eigenvalue weighted by atomic mass is 16.1. The highest BCUT2D eigenvalue weighted by Gasteiger charge is 2.07. The van der Waals surface area contributed by atoms with Gasteiger partial charge in [0.2, 0.25) is 0 Å². The van der Waals surface area contributed by atoms with Gasteiger partial charge in [-0.05, 0) is 5.56 Å². The monoisotopic (exact) mass is 309 g/mol. The lowest BCUT2D eigenvalue weighted by atomic mass is 10.2. The van der Waals surface area contributed by atoms with Crippen molar-refractivity contribution in [1.29, 1.82) is 0 Å². The summed E-state index contributed by atoms with van der Waals surface area (Å²) in [6.07, 6.45) is 5.17. The van der Waals surface area contributed by atoms with E-state index >= 15 is 0 Å². The van der Waals surface area contributed by atoms with Crippen LogP contribution in [0.25, 0.3) is 0 Å². The van der Waals surface area contributed by atoms with Gasteiger partial charge in [0.05, 0.1) is 36.6 Å². The lowest BCUT2D eigenvalue weighted by molar-refractivity contribution is 0.609. The second kappa shape index (κ2) is 6.48. The van der Waals surface area contributed by atoms with E-state index in [0.717, 1.165) is 17.9 Å². The highest BCUT2D eigenvalue weighted by molar-refractivity contribution is 5.42. The van der Waals surface area contributed by atoms with Crippen LogP contribution in [0.1, 0.15) is 11.3 Å². The molecule has 1 aromatic carbocycles. The number of hydrogen-bond acceptors (Lipinski definition) is 4. The number of aryl methyl sites for hydroxylation is 1. The Morgan fingerprint density at radius 2 is 1.96 bits per heavy atom. The number of hydrogen-bond donors (Lipinski definition) is 0. The zero-order valence-electron chi connectivity index (χ0n) is 13.3. The molecule has 0 aliphatic heterocycles. The molecule has 0 aliphatic rings. The van der Waals surface area contributed by atoms with Crippen molar-refractivity contribution in [3.63, 3.8) is 0 Å². The minimum Gasteiger partial charge on any atom is -0.369 e. The van der Waals surface area contributed by atoms with Crippen LogP contribution in [0.15, 0.2) is 59.9 Å². The summed E-state index contributed by atoms with van der Waals surface area (Å²) in [5.74, 6) is 0. The Balaban J connectivity index is 1.76. The summed E-state index contributed by atoms with van der Waals surface area (Å²) in [4.78, 5) is 18.3. The second-order valence-electron chi connectivity index (χ2n) is 5.55. The van der Waals surface area contributed by atoms with Gasteiger partial charge in [0, 0.05) is 26.7 Å². The van der Waals surface area contributed by atoms with Gasteiger partial charge in [-0.2, -0.15) is 5.10 Å². The van der Waals surface area contributed by atoms with Gasteiger partial charge in [0.15, 0.2) is 0 Å². The molecule has 2 heterocycles. The van der Waals surface area contributed by atoms with E-state index in [4.69, 9.17) is 0 Å². The van der Waals surface area contributed by atoms with Gasteiger partial charge in [-0.3, -0.25) is 4.79 Å². The molecule has 2 aromatic heterocycles. The smallest absolute Gasteiger partial charge is 0.269 e. The van der Waals surface area contributed by atoms with Gasteiger partial charge < -0.3 is 9.47 Å². The molecular formula is C17H19N5O. The molecule has 0 bridgehead atoms. The standard InChI is InChI=1S/C17H19N5O/c1-20(11-14-6-4-3-5-7-14)15-8-17(23)22(19-10-15)12-16-9-18-13-21(16)2/h3-10,13H,11-12H2,1-2H3. The van der Waals surface area contributed by atoms with Crippen LogP contribution in [-0.2, 0) is 20.1 Å². The van der Waals surface area contributed by atoms with Crippen LogP contribution in [0.3, 0.4) is 0 Å². The van der Waals surface area contributed by atoms with E-state index in [-0.39, 0.29) is 5.56 Å². The van der Waals surface area contributed by atoms with Crippen LogP contribution in [0.2, 0.25) is 0 Å². The lowest BCUT2D eigenvalue weighted by Crippen LogP contribution is -2.26. The molecule has 0 atom stereocenters. The zero-order chi connectivity index (χ0) is 16.2. The minimum atomic E-state index is -0.122. The third-order valence-corrected chi connectivity index (χ3v) is 3.79. The van der Waals surface area contributed by atoms with Gasteiger partial charge in [-0.15, -0.1) is 0 Å². The molecule has 0 aliphatic carbocycles. The Morgan fingerprint density at radius 3 is 2.61 bits per heavy atom. The molecule has 0 unspecified atom stereocenters. The van der Waals surface area contributed by atoms with E-state index in [1.165, 1.54) is 10.2 Å². The molecule has 0 amide bonds. The zero-order valence-corrected chi connectivity index (χ0v) is 13.3. The van der Waals surface area contributed by atoms with Crippen molar-refractivity contribution >= 4 is 5.69 Å². The van der Waals surface area contributed by atoms with Crippen molar-refractivity contribution in [2.45, 2.75) is 13.1 Å². The summed E-state index contributed by atoms with van der Waals surface area (Å²) in [6, 6.07) is 11.7. The van der Waals surface area contributed by atoms with E-state index in [2.05, 4.69) is 22.2 Å². The van der Waals surface area contributed by atoms with E-state index in [9.17, 15) is 4.79 Å². The number of nitrogens with zero attached hydrogens (tertiary/aromatic N) is 5. The van der Waals surface area contributed by atoms with Crippen molar-refractivity contribution in [3.8, 4) is 0 Å². The van der Waals surface area contributed by atoms with Crippen molar-refractivity contribution < 1.29 is 0 Å². The summed E-state index contributed by atoms with van der Waals surface area (Å²) in [5.41, 5.74) is 2.81. The normalized spacial score (nSPS) is 10.7. The van der Waals surface area contributed by atoms with E-state index in [0.29, 0.717) is 6.54 Å². The molecule has 23 heavy (non-hydrogen) atoms. The SMILES string of the molecule is CN(Cc1ccccc1)c1cnn(Cc2cncn2C)c(=O)c1. The molecule has 3 aromatic rings. The Bertz CT molecular complexity index is 837. The lowest BCUT2D eigenvalue weighted by Gasteiger charge is -2.19. The van der Waals surface area contributed by atoms with Crippen LogP contribution >= 0.6 is 0 Å². The Kier molecular flexibility index (Phi) is 4.23. The number of benzene rings is 1. The maximum absolute atomic E-state index is 12.3. The molecule has 0 saturated carbocycles. The van der Waals surface area contributed by atoms with E-state index in [1.54, 1.807) is 24.8 Å².